The molecule has 22 heavy (non-hydrogen) atoms. The zero-order valence-corrected chi connectivity index (χ0v) is 13.5. The van der Waals surface area contributed by atoms with E-state index in [0.29, 0.717) is 12.2 Å². The highest BCUT2D eigenvalue weighted by Gasteiger charge is 2.32. The molecule has 0 spiro atoms. The third kappa shape index (κ3) is 3.13. The molecule has 1 aliphatic rings. The molecule has 0 saturated carbocycles. The molecule has 1 heterocycles. The zero-order valence-electron chi connectivity index (χ0n) is 13.5. The quantitative estimate of drug-likeness (QED) is 0.849. The molecular weight excluding hydrogens is 280 g/mol. The van der Waals surface area contributed by atoms with Crippen LogP contribution in [0.25, 0.3) is 0 Å². The van der Waals surface area contributed by atoms with Crippen molar-refractivity contribution in [1.82, 2.24) is 5.43 Å². The molecule has 0 aliphatic carbocycles. The van der Waals surface area contributed by atoms with Gasteiger partial charge in [0.2, 0.25) is 0 Å². The molecule has 1 aromatic carbocycles. The number of carbonyl (C=O) groups is 1. The van der Waals surface area contributed by atoms with Crippen molar-refractivity contribution < 1.29 is 14.3 Å². The highest BCUT2D eigenvalue weighted by molar-refractivity contribution is 6.04. The average molecular weight is 302 g/mol. The number of rotatable bonds is 5. The van der Waals surface area contributed by atoms with Crippen LogP contribution < -0.4 is 10.2 Å². The van der Waals surface area contributed by atoms with E-state index in [4.69, 9.17) is 9.47 Å². The fourth-order valence-corrected chi connectivity index (χ4v) is 2.58. The molecule has 1 aromatic rings. The highest BCUT2D eigenvalue weighted by atomic mass is 16.5. The number of allylic oxidation sites excluding steroid dienone is 1. The zero-order chi connectivity index (χ0) is 16.1. The van der Waals surface area contributed by atoms with Crippen molar-refractivity contribution in [2.45, 2.75) is 33.1 Å². The Labute approximate surface area is 131 Å². The van der Waals surface area contributed by atoms with E-state index in [1.807, 2.05) is 38.1 Å². The van der Waals surface area contributed by atoms with Gasteiger partial charge in [0.05, 0.1) is 30.9 Å². The van der Waals surface area contributed by atoms with Gasteiger partial charge in [-0.2, -0.15) is 5.10 Å². The molecular formula is C17H22N2O3. The van der Waals surface area contributed by atoms with Crippen LogP contribution in [0.3, 0.4) is 0 Å². The maximum Gasteiger partial charge on any atom is 0.336 e. The molecule has 1 atom stereocenters. The Balaban J connectivity index is 2.45. The molecule has 0 fully saturated rings. The lowest BCUT2D eigenvalue weighted by atomic mass is 9.84. The molecule has 0 amide bonds. The van der Waals surface area contributed by atoms with Crippen molar-refractivity contribution in [2.24, 2.45) is 5.10 Å². The van der Waals surface area contributed by atoms with E-state index in [-0.39, 0.29) is 11.9 Å². The number of ether oxygens (including phenoxy) is 2. The van der Waals surface area contributed by atoms with Gasteiger partial charge in [-0.05, 0) is 38.0 Å². The van der Waals surface area contributed by atoms with Crippen LogP contribution in [0.5, 0.6) is 5.75 Å². The number of hydrazone groups is 1. The summed E-state index contributed by atoms with van der Waals surface area (Å²) < 4.78 is 10.4. The predicted octanol–water partition coefficient (Wildman–Crippen LogP) is 2.99. The van der Waals surface area contributed by atoms with Gasteiger partial charge in [-0.1, -0.05) is 19.1 Å². The largest absolute Gasteiger partial charge is 0.497 e. The van der Waals surface area contributed by atoms with Gasteiger partial charge in [-0.3, -0.25) is 5.43 Å². The van der Waals surface area contributed by atoms with Gasteiger partial charge in [-0.25, -0.2) is 4.79 Å². The Morgan fingerprint density at radius 2 is 1.95 bits per heavy atom. The summed E-state index contributed by atoms with van der Waals surface area (Å²) >= 11 is 0. The monoisotopic (exact) mass is 302 g/mol. The normalized spacial score (nSPS) is 17.6. The van der Waals surface area contributed by atoms with Crippen LogP contribution >= 0.6 is 0 Å². The van der Waals surface area contributed by atoms with Gasteiger partial charge in [-0.15, -0.1) is 0 Å². The molecule has 0 radical (unpaired) electrons. The summed E-state index contributed by atoms with van der Waals surface area (Å²) in [4.78, 5) is 12.4. The Morgan fingerprint density at radius 3 is 2.50 bits per heavy atom. The molecule has 1 unspecified atom stereocenters. The summed E-state index contributed by atoms with van der Waals surface area (Å²) in [5, 5.41) is 4.39. The highest BCUT2D eigenvalue weighted by Crippen LogP contribution is 2.33. The lowest BCUT2D eigenvalue weighted by Crippen LogP contribution is -2.30. The predicted molar refractivity (Wildman–Crippen MR) is 85.9 cm³/mol. The van der Waals surface area contributed by atoms with Gasteiger partial charge in [0.25, 0.3) is 0 Å². The van der Waals surface area contributed by atoms with Crippen molar-refractivity contribution >= 4 is 11.7 Å². The Kier molecular flexibility index (Phi) is 5.20. The third-order valence-electron chi connectivity index (χ3n) is 3.70. The SMILES string of the molecule is CCOC(=O)C1=C(C)NN=C(CC)C1c1ccc(OC)cc1. The summed E-state index contributed by atoms with van der Waals surface area (Å²) in [6.07, 6.45) is 0.750. The van der Waals surface area contributed by atoms with Crippen molar-refractivity contribution in [3.05, 3.63) is 41.1 Å². The molecule has 5 nitrogen and oxygen atoms in total. The van der Waals surface area contributed by atoms with Gasteiger partial charge in [0.1, 0.15) is 5.75 Å². The minimum Gasteiger partial charge on any atom is -0.497 e. The number of nitrogens with zero attached hydrogens (tertiary/aromatic N) is 1. The second-order valence-electron chi connectivity index (χ2n) is 5.03. The molecule has 2 rings (SSSR count). The molecule has 1 N–H and O–H groups in total. The molecule has 0 aromatic heterocycles. The number of carbonyl (C=O) groups excluding carboxylic acids is 1. The summed E-state index contributed by atoms with van der Waals surface area (Å²) in [5.74, 6) is 0.302. The number of hydrogen-bond donors (Lipinski definition) is 1. The molecule has 1 aliphatic heterocycles. The summed E-state index contributed by atoms with van der Waals surface area (Å²) in [5.41, 5.74) is 6.21. The topological polar surface area (TPSA) is 59.9 Å². The van der Waals surface area contributed by atoms with E-state index in [1.165, 1.54) is 0 Å². The van der Waals surface area contributed by atoms with Crippen LogP contribution in [0.15, 0.2) is 40.6 Å². The van der Waals surface area contributed by atoms with Crippen LogP contribution in [-0.4, -0.2) is 25.4 Å². The Morgan fingerprint density at radius 1 is 1.27 bits per heavy atom. The Hall–Kier alpha value is -2.30. The van der Waals surface area contributed by atoms with E-state index >= 15 is 0 Å². The van der Waals surface area contributed by atoms with Crippen molar-refractivity contribution in [2.75, 3.05) is 13.7 Å². The first kappa shape index (κ1) is 16.1. The number of esters is 1. The van der Waals surface area contributed by atoms with E-state index < -0.39 is 0 Å². The van der Waals surface area contributed by atoms with Crippen LogP contribution in [0.4, 0.5) is 0 Å². The van der Waals surface area contributed by atoms with Crippen LogP contribution in [-0.2, 0) is 9.53 Å². The maximum absolute atomic E-state index is 12.4. The lowest BCUT2D eigenvalue weighted by molar-refractivity contribution is -0.138. The van der Waals surface area contributed by atoms with Gasteiger partial charge < -0.3 is 9.47 Å². The van der Waals surface area contributed by atoms with Gasteiger partial charge in [0, 0.05) is 5.70 Å². The second-order valence-corrected chi connectivity index (χ2v) is 5.03. The minimum atomic E-state index is -0.297. The summed E-state index contributed by atoms with van der Waals surface area (Å²) in [7, 11) is 1.63. The minimum absolute atomic E-state index is 0.184. The van der Waals surface area contributed by atoms with Crippen molar-refractivity contribution in [1.29, 1.82) is 0 Å². The molecule has 118 valence electrons. The molecule has 0 bridgehead atoms. The summed E-state index contributed by atoms with van der Waals surface area (Å²) in [6, 6.07) is 7.71. The van der Waals surface area contributed by atoms with Gasteiger partial charge >= 0.3 is 5.97 Å². The summed E-state index contributed by atoms with van der Waals surface area (Å²) in [6.45, 7) is 6.03. The number of hydrogen-bond acceptors (Lipinski definition) is 5. The lowest BCUT2D eigenvalue weighted by Gasteiger charge is -2.27. The number of nitrogens with one attached hydrogen (secondary N) is 1. The van der Waals surface area contributed by atoms with Crippen LogP contribution in [0, 0.1) is 0 Å². The van der Waals surface area contributed by atoms with Gasteiger partial charge in [0.15, 0.2) is 0 Å². The third-order valence-corrected chi connectivity index (χ3v) is 3.70. The van der Waals surface area contributed by atoms with Crippen molar-refractivity contribution in [3.8, 4) is 5.75 Å². The van der Waals surface area contributed by atoms with Crippen LogP contribution in [0.1, 0.15) is 38.7 Å². The Bertz CT molecular complexity index is 603. The first-order chi connectivity index (χ1) is 10.6. The van der Waals surface area contributed by atoms with E-state index in [2.05, 4.69) is 10.5 Å². The first-order valence-corrected chi connectivity index (χ1v) is 7.46. The smallest absolute Gasteiger partial charge is 0.336 e. The standard InChI is InChI=1S/C17H22N2O3/c1-5-14-16(12-7-9-13(21-4)10-8-12)15(11(3)18-19-14)17(20)22-6-2/h7-10,16,18H,5-6H2,1-4H3. The molecule has 0 saturated heterocycles. The molecule has 5 heteroatoms. The van der Waals surface area contributed by atoms with E-state index in [0.717, 1.165) is 29.1 Å². The fraction of sp³-hybridized carbons (Fsp3) is 0.412. The van der Waals surface area contributed by atoms with Crippen molar-refractivity contribution in [3.63, 3.8) is 0 Å². The fourth-order valence-electron chi connectivity index (χ4n) is 2.58. The second kappa shape index (κ2) is 7.11. The number of methoxy groups -OCH3 is 1. The average Bonchev–Trinajstić information content (AvgIpc) is 2.54. The number of benzene rings is 1. The van der Waals surface area contributed by atoms with Crippen LogP contribution in [0.2, 0.25) is 0 Å². The van der Waals surface area contributed by atoms with E-state index in [9.17, 15) is 4.79 Å². The first-order valence-electron chi connectivity index (χ1n) is 7.46. The van der Waals surface area contributed by atoms with E-state index in [1.54, 1.807) is 14.0 Å². The maximum atomic E-state index is 12.4.